The lowest BCUT2D eigenvalue weighted by molar-refractivity contribution is 1.47. The molecule has 0 bridgehead atoms. The first-order valence-corrected chi connectivity index (χ1v) is 41.7. The van der Waals surface area contributed by atoms with E-state index < -0.39 is 0 Å². The highest BCUT2D eigenvalue weighted by molar-refractivity contribution is 6.50. The van der Waals surface area contributed by atoms with E-state index in [1.165, 1.54) is 305 Å². The van der Waals surface area contributed by atoms with E-state index in [0.29, 0.717) is 0 Å². The van der Waals surface area contributed by atoms with Gasteiger partial charge in [-0.3, -0.25) is 0 Å². The highest BCUT2D eigenvalue weighted by atomic mass is 14.4. The van der Waals surface area contributed by atoms with E-state index >= 15 is 0 Å². The molecular formula is C118H70. The summed E-state index contributed by atoms with van der Waals surface area (Å²) in [5.41, 5.74) is 30.1. The molecule has 0 aromatic heterocycles. The maximum absolute atomic E-state index is 2.67. The maximum Gasteiger partial charge on any atom is -0.000717 e. The Balaban J connectivity index is 0.830. The van der Waals surface area contributed by atoms with Gasteiger partial charge in [0.25, 0.3) is 0 Å². The lowest BCUT2D eigenvalue weighted by Crippen LogP contribution is -1.97. The molecular weight excluding hydrogens is 1420 g/mol. The lowest BCUT2D eigenvalue weighted by Gasteiger charge is -2.23. The van der Waals surface area contributed by atoms with E-state index in [-0.39, 0.29) is 0 Å². The molecule has 0 heterocycles. The zero-order valence-corrected chi connectivity index (χ0v) is 65.5. The second-order valence-corrected chi connectivity index (χ2v) is 33.9. The summed E-state index contributed by atoms with van der Waals surface area (Å²) in [6.45, 7) is 8.86. The molecule has 0 aliphatic heterocycles. The molecule has 0 N–H and O–H groups in total. The molecule has 0 saturated heterocycles. The van der Waals surface area contributed by atoms with Crippen LogP contribution in [0.15, 0.2) is 352 Å². The van der Waals surface area contributed by atoms with Crippen LogP contribution in [0.5, 0.6) is 0 Å². The van der Waals surface area contributed by atoms with Crippen LogP contribution < -0.4 is 0 Å². The lowest BCUT2D eigenvalue weighted by atomic mass is 9.80. The van der Waals surface area contributed by atoms with Gasteiger partial charge in [-0.15, -0.1) is 0 Å². The fraction of sp³-hybridized carbons (Fsp3) is 0.0339. The molecule has 0 saturated carbocycles. The van der Waals surface area contributed by atoms with Crippen LogP contribution in [0.4, 0.5) is 0 Å². The summed E-state index contributed by atoms with van der Waals surface area (Å²) in [4.78, 5) is 0. The fourth-order valence-corrected chi connectivity index (χ4v) is 23.0. The summed E-state index contributed by atoms with van der Waals surface area (Å²) in [5, 5.41) is 41.5. The number of benzene rings is 21. The molecule has 0 atom stereocenters. The highest BCUT2D eigenvalue weighted by Crippen LogP contribution is 2.65. The zero-order valence-electron chi connectivity index (χ0n) is 65.5. The van der Waals surface area contributed by atoms with E-state index in [4.69, 9.17) is 0 Å². The summed E-state index contributed by atoms with van der Waals surface area (Å²) in [7, 11) is 0. The van der Waals surface area contributed by atoms with Crippen LogP contribution in [0.3, 0.4) is 0 Å². The number of rotatable bonds is 8. The predicted octanol–water partition coefficient (Wildman–Crippen LogP) is 32.7. The van der Waals surface area contributed by atoms with Crippen molar-refractivity contribution in [1.82, 2.24) is 0 Å². The van der Waals surface area contributed by atoms with Crippen LogP contribution in [0.25, 0.3) is 262 Å². The SMILES string of the molecule is Cc1ccc(-c2c3c4cccc5cccc(c3c(-c3ccc(C)cc3)c3c6ccc7c8c(ccc(c23)c86)-c2c-7c(-c3ccccc3)c3cc6c(-c7ccccc7)c7c(c(-c8ccccc8)c6cc3c2-c2ccccc2)=c2ccc3c6c(-c8ccc(C)cc8)c8c9cccc%10cccc(c8c(-c8ccc(C)cc8)c6c6ccc=7c2c36)c%109)c54)cc1. The van der Waals surface area contributed by atoms with Gasteiger partial charge in [-0.1, -0.05) is 362 Å². The fourth-order valence-electron chi connectivity index (χ4n) is 23.0. The average molecular weight is 1490 g/mol. The van der Waals surface area contributed by atoms with Crippen molar-refractivity contribution in [2.24, 2.45) is 0 Å². The van der Waals surface area contributed by atoms with E-state index in [9.17, 15) is 0 Å². The predicted molar refractivity (Wildman–Crippen MR) is 505 cm³/mol. The molecule has 0 unspecified atom stereocenters. The van der Waals surface area contributed by atoms with Gasteiger partial charge in [-0.2, -0.15) is 0 Å². The van der Waals surface area contributed by atoms with Crippen molar-refractivity contribution in [2.75, 3.05) is 0 Å². The molecule has 25 aromatic rings. The van der Waals surface area contributed by atoms with Crippen molar-refractivity contribution in [3.63, 3.8) is 0 Å². The molecule has 0 spiro atoms. The van der Waals surface area contributed by atoms with Gasteiger partial charge in [0, 0.05) is 0 Å². The van der Waals surface area contributed by atoms with E-state index in [1.54, 1.807) is 0 Å². The molecule has 0 heteroatoms. The number of fused-ring (bicyclic) bond motifs is 18. The Bertz CT molecular complexity index is 8470. The van der Waals surface area contributed by atoms with Gasteiger partial charge in [-0.25, -0.2) is 0 Å². The third kappa shape index (κ3) is 8.33. The van der Waals surface area contributed by atoms with Crippen LogP contribution in [0.2, 0.25) is 0 Å². The van der Waals surface area contributed by atoms with Crippen molar-refractivity contribution in [2.45, 2.75) is 27.7 Å². The van der Waals surface area contributed by atoms with Crippen LogP contribution in [-0.2, 0) is 0 Å². The molecule has 27 rings (SSSR count). The van der Waals surface area contributed by atoms with E-state index in [1.807, 2.05) is 0 Å². The van der Waals surface area contributed by atoms with Gasteiger partial charge in [0.15, 0.2) is 0 Å². The van der Waals surface area contributed by atoms with Crippen molar-refractivity contribution in [3.05, 3.63) is 395 Å². The first-order chi connectivity index (χ1) is 58.3. The Kier molecular flexibility index (Phi) is 12.8. The minimum absolute atomic E-state index is 1.20. The monoisotopic (exact) mass is 1490 g/mol. The van der Waals surface area contributed by atoms with Gasteiger partial charge < -0.3 is 0 Å². The second kappa shape index (κ2) is 23.5. The summed E-state index contributed by atoms with van der Waals surface area (Å²) in [6, 6.07) is 137. The number of hydrogen-bond acceptors (Lipinski definition) is 0. The minimum Gasteiger partial charge on any atom is -0.0622 e. The van der Waals surface area contributed by atoms with Gasteiger partial charge >= 0.3 is 0 Å². The van der Waals surface area contributed by atoms with Gasteiger partial charge in [0.05, 0.1) is 0 Å². The summed E-state index contributed by atoms with van der Waals surface area (Å²) in [5.74, 6) is 0. The Labute approximate surface area is 680 Å². The third-order valence-corrected chi connectivity index (χ3v) is 27.7. The van der Waals surface area contributed by atoms with Gasteiger partial charge in [-0.05, 0) is 323 Å². The van der Waals surface area contributed by atoms with Crippen molar-refractivity contribution in [1.29, 1.82) is 0 Å². The molecule has 2 aliphatic carbocycles. The quantitative estimate of drug-likeness (QED) is 0.133. The highest BCUT2D eigenvalue weighted by Gasteiger charge is 2.37. The maximum atomic E-state index is 2.67. The first kappa shape index (κ1) is 64.6. The second-order valence-electron chi connectivity index (χ2n) is 33.9. The van der Waals surface area contributed by atoms with Crippen molar-refractivity contribution in [3.8, 4) is 111 Å². The Morgan fingerprint density at radius 3 is 0.678 bits per heavy atom. The standard InChI is InChI=1S/C118H70/c1-63-37-45-73(46-38-63)99-111-77-33-17-29-67-30-18-34-78(93(67)77)112(111)100(74-47-39-64(2)40-48-74)116-86-58-54-82-103-81(53-57-85(105(86)103)115(99)116)107-95(69-21-9-5-10-22-69)89-61-91-92(62-90(89)96(108(82)107)70-23-11-6-12-24-70)98(72-27-15-8-16-28-72)110-84-56-60-88-106-87(59-55-83(104(84)106)109(110)97(91)71-25-13-7-14-26-71)117-101(75-49-41-65(3)42-50-75)113-79-35-19-31-68-32-20-36-80(94(68)79)114(113)102(118(88)117)76-51-43-66(4)44-52-76/h5-62H,1-4H3. The van der Waals surface area contributed by atoms with E-state index in [2.05, 4.69) is 380 Å². The molecule has 118 heavy (non-hydrogen) atoms. The largest absolute Gasteiger partial charge is 0.0622 e. The van der Waals surface area contributed by atoms with Crippen molar-refractivity contribution >= 4 is 151 Å². The minimum atomic E-state index is 1.20. The normalized spacial score (nSPS) is 12.6. The Morgan fingerprint density at radius 2 is 0.381 bits per heavy atom. The number of hydrogen-bond donors (Lipinski definition) is 0. The molecule has 0 fully saturated rings. The smallest absolute Gasteiger partial charge is 0.000717 e. The first-order valence-electron chi connectivity index (χ1n) is 41.7. The Morgan fingerprint density at radius 1 is 0.136 bits per heavy atom. The van der Waals surface area contributed by atoms with Crippen LogP contribution in [0.1, 0.15) is 22.3 Å². The number of aryl methyl sites for hydroxylation is 4. The third-order valence-electron chi connectivity index (χ3n) is 27.7. The van der Waals surface area contributed by atoms with Crippen LogP contribution >= 0.6 is 0 Å². The molecule has 0 amide bonds. The zero-order chi connectivity index (χ0) is 77.3. The average Bonchev–Trinajstić information content (AvgIpc) is 1.46. The summed E-state index contributed by atoms with van der Waals surface area (Å²) in [6.07, 6.45) is 0. The van der Waals surface area contributed by atoms with Crippen molar-refractivity contribution < 1.29 is 0 Å². The molecule has 0 radical (unpaired) electrons. The van der Waals surface area contributed by atoms with Crippen LogP contribution in [0, 0.1) is 48.6 Å². The van der Waals surface area contributed by atoms with Crippen LogP contribution in [-0.4, -0.2) is 0 Å². The molecule has 2 aliphatic rings. The van der Waals surface area contributed by atoms with E-state index in [0.717, 1.165) is 0 Å². The molecule has 25 aromatic carbocycles. The summed E-state index contributed by atoms with van der Waals surface area (Å²) < 4.78 is 0. The topological polar surface area (TPSA) is 0 Å². The molecule has 0 nitrogen and oxygen atoms in total. The Hall–Kier alpha value is -14.8. The van der Waals surface area contributed by atoms with Gasteiger partial charge in [0.1, 0.15) is 0 Å². The van der Waals surface area contributed by atoms with Gasteiger partial charge in [0.2, 0.25) is 0 Å². The molecule has 542 valence electrons. The summed E-state index contributed by atoms with van der Waals surface area (Å²) >= 11 is 0.